The Balaban J connectivity index is 1.54. The van der Waals surface area contributed by atoms with Crippen molar-refractivity contribution in [2.24, 2.45) is 11.8 Å². The Bertz CT molecular complexity index is 1100. The Morgan fingerprint density at radius 2 is 1.52 bits per heavy atom. The van der Waals surface area contributed by atoms with Crippen LogP contribution in [0.4, 0.5) is 17.6 Å². The molecule has 1 aromatic heterocycles. The maximum absolute atomic E-state index is 15.1. The normalized spacial score (nSPS) is 19.0. The van der Waals surface area contributed by atoms with E-state index in [1.54, 1.807) is 18.2 Å². The first-order valence-electron chi connectivity index (χ1n) is 10.6. The van der Waals surface area contributed by atoms with Crippen LogP contribution in [-0.4, -0.2) is 6.61 Å². The molecule has 166 valence electrons. The van der Waals surface area contributed by atoms with Crippen molar-refractivity contribution in [1.82, 2.24) is 0 Å². The van der Waals surface area contributed by atoms with Crippen molar-refractivity contribution in [1.29, 1.82) is 0 Å². The Hall–Kier alpha value is -2.28. The van der Waals surface area contributed by atoms with Gasteiger partial charge in [-0.05, 0) is 48.9 Å². The van der Waals surface area contributed by atoms with Crippen LogP contribution in [0.15, 0.2) is 36.6 Å². The fraction of sp³-hybridized carbons (Fsp3) is 0.417. The van der Waals surface area contributed by atoms with E-state index in [4.69, 9.17) is 4.74 Å². The molecule has 0 aliphatic heterocycles. The summed E-state index contributed by atoms with van der Waals surface area (Å²) in [4.78, 5) is 0. The fourth-order valence-corrected chi connectivity index (χ4v) is 5.58. The first-order valence-corrected chi connectivity index (χ1v) is 11.4. The molecule has 0 atom stereocenters. The van der Waals surface area contributed by atoms with E-state index in [1.807, 2.05) is 0 Å². The number of rotatable bonds is 7. The van der Waals surface area contributed by atoms with Crippen LogP contribution < -0.4 is 9.47 Å². The second-order valence-electron chi connectivity index (χ2n) is 8.12. The molecule has 2 aromatic carbocycles. The molecule has 1 aliphatic rings. The summed E-state index contributed by atoms with van der Waals surface area (Å²) in [5.41, 5.74) is 0. The SMILES string of the molecule is CCCC1CCC(COc2ccc3c(sc4c(F)c(OC=C(F)F)ccc43)c2F)CC1. The van der Waals surface area contributed by atoms with Crippen molar-refractivity contribution in [3.8, 4) is 11.5 Å². The Morgan fingerprint density at radius 1 is 0.935 bits per heavy atom. The molecule has 1 aliphatic carbocycles. The van der Waals surface area contributed by atoms with Gasteiger partial charge in [0.25, 0.3) is 0 Å². The lowest BCUT2D eigenvalue weighted by Gasteiger charge is -2.28. The van der Waals surface area contributed by atoms with E-state index in [1.165, 1.54) is 31.7 Å². The number of halogens is 4. The van der Waals surface area contributed by atoms with Crippen molar-refractivity contribution in [3.05, 3.63) is 48.2 Å². The first kappa shape index (κ1) is 21.9. The van der Waals surface area contributed by atoms with Gasteiger partial charge in [-0.2, -0.15) is 8.78 Å². The molecule has 1 fully saturated rings. The minimum atomic E-state index is -2.07. The Morgan fingerprint density at radius 3 is 2.13 bits per heavy atom. The molecule has 0 spiro atoms. The summed E-state index contributed by atoms with van der Waals surface area (Å²) in [5, 5.41) is 1.07. The predicted octanol–water partition coefficient (Wildman–Crippen LogP) is 8.43. The highest BCUT2D eigenvalue weighted by atomic mass is 32.1. The van der Waals surface area contributed by atoms with E-state index in [2.05, 4.69) is 11.7 Å². The van der Waals surface area contributed by atoms with E-state index in [0.717, 1.165) is 30.1 Å². The molecular formula is C24H24F4O2S. The number of ether oxygens (including phenoxy) is 2. The molecule has 1 saturated carbocycles. The van der Waals surface area contributed by atoms with E-state index in [0.29, 0.717) is 23.3 Å². The average molecular weight is 453 g/mol. The van der Waals surface area contributed by atoms with E-state index >= 15 is 4.39 Å². The van der Waals surface area contributed by atoms with Crippen LogP contribution in [0.2, 0.25) is 0 Å². The lowest BCUT2D eigenvalue weighted by atomic mass is 9.80. The van der Waals surface area contributed by atoms with Gasteiger partial charge in [0.05, 0.1) is 16.0 Å². The molecule has 4 rings (SSSR count). The summed E-state index contributed by atoms with van der Waals surface area (Å²) in [6.07, 6.45) is 5.19. The molecule has 0 unspecified atom stereocenters. The number of hydrogen-bond acceptors (Lipinski definition) is 3. The summed E-state index contributed by atoms with van der Waals surface area (Å²) in [6, 6.07) is 6.10. The van der Waals surface area contributed by atoms with Crippen molar-refractivity contribution in [3.63, 3.8) is 0 Å². The van der Waals surface area contributed by atoms with Crippen LogP contribution in [0.1, 0.15) is 45.4 Å². The van der Waals surface area contributed by atoms with Crippen molar-refractivity contribution in [2.45, 2.75) is 45.4 Å². The summed E-state index contributed by atoms with van der Waals surface area (Å²) in [6.45, 7) is 2.68. The van der Waals surface area contributed by atoms with Crippen LogP contribution >= 0.6 is 11.3 Å². The third-order valence-electron chi connectivity index (χ3n) is 6.03. The standard InChI is InChI=1S/C24H24F4O2S/c1-2-3-14-4-6-15(7-5-14)12-29-18-10-8-16-17-9-11-19(30-13-20(25)26)22(28)24(17)31-23(16)21(18)27/h8-11,13-15H,2-7,12H2,1H3. The smallest absolute Gasteiger partial charge is 0.305 e. The van der Waals surface area contributed by atoms with E-state index < -0.39 is 17.7 Å². The zero-order valence-electron chi connectivity index (χ0n) is 17.2. The molecular weight excluding hydrogens is 428 g/mol. The predicted molar refractivity (Wildman–Crippen MR) is 116 cm³/mol. The summed E-state index contributed by atoms with van der Waals surface area (Å²) < 4.78 is 65.3. The van der Waals surface area contributed by atoms with Crippen LogP contribution in [0.3, 0.4) is 0 Å². The third-order valence-corrected chi connectivity index (χ3v) is 7.24. The van der Waals surface area contributed by atoms with Gasteiger partial charge in [0.1, 0.15) is 0 Å². The minimum absolute atomic E-state index is 0.158. The summed E-state index contributed by atoms with van der Waals surface area (Å²) in [5.74, 6) is -0.256. The third kappa shape index (κ3) is 4.66. The highest BCUT2D eigenvalue weighted by molar-refractivity contribution is 7.25. The van der Waals surface area contributed by atoms with Gasteiger partial charge < -0.3 is 9.47 Å². The average Bonchev–Trinajstić information content (AvgIpc) is 3.14. The second kappa shape index (κ2) is 9.47. The molecule has 7 heteroatoms. The molecule has 0 radical (unpaired) electrons. The topological polar surface area (TPSA) is 18.5 Å². The first-order chi connectivity index (χ1) is 15.0. The van der Waals surface area contributed by atoms with Gasteiger partial charge in [-0.1, -0.05) is 32.6 Å². The van der Waals surface area contributed by atoms with Gasteiger partial charge in [0.2, 0.25) is 0 Å². The highest BCUT2D eigenvalue weighted by Crippen LogP contribution is 2.42. The van der Waals surface area contributed by atoms with Gasteiger partial charge >= 0.3 is 6.08 Å². The lowest BCUT2D eigenvalue weighted by Crippen LogP contribution is -2.20. The Labute approximate surface area is 182 Å². The lowest BCUT2D eigenvalue weighted by molar-refractivity contribution is 0.175. The monoisotopic (exact) mass is 452 g/mol. The van der Waals surface area contributed by atoms with Crippen LogP contribution in [0.5, 0.6) is 11.5 Å². The van der Waals surface area contributed by atoms with Gasteiger partial charge in [-0.15, -0.1) is 11.3 Å². The molecule has 1 heterocycles. The maximum Gasteiger partial charge on any atom is 0.305 e. The van der Waals surface area contributed by atoms with E-state index in [-0.39, 0.29) is 27.2 Å². The van der Waals surface area contributed by atoms with Crippen LogP contribution in [0.25, 0.3) is 20.2 Å². The number of hydrogen-bond donors (Lipinski definition) is 0. The van der Waals surface area contributed by atoms with Gasteiger partial charge in [0.15, 0.2) is 29.4 Å². The number of benzene rings is 2. The molecule has 0 amide bonds. The largest absolute Gasteiger partial charge is 0.490 e. The molecule has 0 bridgehead atoms. The van der Waals surface area contributed by atoms with Crippen LogP contribution in [-0.2, 0) is 0 Å². The van der Waals surface area contributed by atoms with Crippen molar-refractivity contribution in [2.75, 3.05) is 6.61 Å². The van der Waals surface area contributed by atoms with Gasteiger partial charge in [0, 0.05) is 10.8 Å². The molecule has 31 heavy (non-hydrogen) atoms. The summed E-state index contributed by atoms with van der Waals surface area (Å²) in [7, 11) is 0. The molecule has 0 saturated heterocycles. The maximum atomic E-state index is 15.1. The zero-order chi connectivity index (χ0) is 22.0. The number of thiophene rings is 1. The number of fused-ring (bicyclic) bond motifs is 3. The minimum Gasteiger partial charge on any atom is -0.490 e. The highest BCUT2D eigenvalue weighted by Gasteiger charge is 2.23. The van der Waals surface area contributed by atoms with Gasteiger partial charge in [-0.25, -0.2) is 8.78 Å². The van der Waals surface area contributed by atoms with Gasteiger partial charge in [-0.3, -0.25) is 0 Å². The quantitative estimate of drug-likeness (QED) is 0.264. The Kier molecular flexibility index (Phi) is 6.70. The second-order valence-corrected chi connectivity index (χ2v) is 9.14. The zero-order valence-corrected chi connectivity index (χ0v) is 18.0. The molecule has 2 nitrogen and oxygen atoms in total. The van der Waals surface area contributed by atoms with Crippen LogP contribution in [0, 0.1) is 23.5 Å². The van der Waals surface area contributed by atoms with Crippen molar-refractivity contribution >= 4 is 31.5 Å². The van der Waals surface area contributed by atoms with Crippen molar-refractivity contribution < 1.29 is 27.0 Å². The molecule has 0 N–H and O–H groups in total. The molecule has 3 aromatic rings. The van der Waals surface area contributed by atoms with E-state index in [9.17, 15) is 13.2 Å². The fourth-order valence-electron chi connectivity index (χ4n) is 4.42. The summed E-state index contributed by atoms with van der Waals surface area (Å²) >= 11 is 0.926.